The van der Waals surface area contributed by atoms with Crippen molar-refractivity contribution in [1.29, 1.82) is 0 Å². The Hall–Kier alpha value is -3.88. The molecule has 3 N–H and O–H groups in total. The summed E-state index contributed by atoms with van der Waals surface area (Å²) in [7, 11) is 0. The summed E-state index contributed by atoms with van der Waals surface area (Å²) in [6, 6.07) is 10.7. The van der Waals surface area contributed by atoms with Crippen LogP contribution in [0.5, 0.6) is 0 Å². The van der Waals surface area contributed by atoms with Crippen molar-refractivity contribution in [2.45, 2.75) is 19.0 Å². The highest BCUT2D eigenvalue weighted by molar-refractivity contribution is 6.01. The number of hydrogen-bond acceptors (Lipinski definition) is 4. The van der Waals surface area contributed by atoms with Gasteiger partial charge in [-0.15, -0.1) is 0 Å². The molecule has 1 amide bonds. The van der Waals surface area contributed by atoms with Crippen molar-refractivity contribution >= 4 is 28.4 Å². The van der Waals surface area contributed by atoms with Gasteiger partial charge in [-0.3, -0.25) is 4.79 Å². The molecular weight excluding hydrogens is 419 g/mol. The second kappa shape index (κ2) is 7.37. The zero-order valence-electron chi connectivity index (χ0n) is 16.8. The highest BCUT2D eigenvalue weighted by Crippen LogP contribution is 2.36. The fraction of sp³-hybridized carbons (Fsp3) is 0.174. The number of anilines is 2. The van der Waals surface area contributed by atoms with Gasteiger partial charge >= 0.3 is 6.18 Å². The molecule has 5 rings (SSSR count). The minimum atomic E-state index is -4.44. The van der Waals surface area contributed by atoms with Crippen molar-refractivity contribution in [1.82, 2.24) is 15.0 Å². The van der Waals surface area contributed by atoms with E-state index in [-0.39, 0.29) is 12.3 Å². The second-order valence-electron chi connectivity index (χ2n) is 7.70. The lowest BCUT2D eigenvalue weighted by Gasteiger charge is -2.18. The molecule has 1 aliphatic rings. The first-order chi connectivity index (χ1) is 15.3. The molecule has 6 nitrogen and oxygen atoms in total. The number of nitrogens with zero attached hydrogens (tertiary/aromatic N) is 3. The van der Waals surface area contributed by atoms with E-state index in [9.17, 15) is 18.0 Å². The molecule has 0 bridgehead atoms. The normalized spacial score (nSPS) is 13.5. The van der Waals surface area contributed by atoms with Gasteiger partial charge < -0.3 is 15.6 Å². The van der Waals surface area contributed by atoms with Crippen molar-refractivity contribution in [3.8, 4) is 11.1 Å². The molecule has 3 heterocycles. The average molecular weight is 437 g/mol. The number of nitrogens with two attached hydrogens (primary N) is 1. The molecule has 0 unspecified atom stereocenters. The van der Waals surface area contributed by atoms with E-state index in [0.29, 0.717) is 30.0 Å². The molecule has 0 saturated heterocycles. The molecule has 162 valence electrons. The van der Waals surface area contributed by atoms with Crippen LogP contribution >= 0.6 is 0 Å². The number of nitrogen functional groups attached to an aromatic ring is 1. The van der Waals surface area contributed by atoms with E-state index in [1.165, 1.54) is 18.5 Å². The number of rotatable bonds is 3. The molecule has 0 atom stereocenters. The molecule has 1 aliphatic heterocycles. The smallest absolute Gasteiger partial charge is 0.383 e. The van der Waals surface area contributed by atoms with Gasteiger partial charge in [-0.05, 0) is 41.3 Å². The van der Waals surface area contributed by atoms with E-state index < -0.39 is 11.7 Å². The first-order valence-corrected chi connectivity index (χ1v) is 9.98. The van der Waals surface area contributed by atoms with Crippen LogP contribution in [0.1, 0.15) is 16.7 Å². The average Bonchev–Trinajstić information content (AvgIpc) is 3.38. The van der Waals surface area contributed by atoms with Gasteiger partial charge in [-0.2, -0.15) is 13.2 Å². The lowest BCUT2D eigenvalue weighted by atomic mass is 10.0. The summed E-state index contributed by atoms with van der Waals surface area (Å²) in [5.74, 6) is 0.144. The standard InChI is InChI=1S/C23H18F3N5O/c24-23(25,26)16-3-1-2-13(8-16)9-19(32)31-7-6-15-10-14(4-5-18(15)31)17-11-28-22-20(17)21(27)29-12-30-22/h1-5,8,10-12H,6-7,9H2,(H3,27,28,29,30). The second-order valence-corrected chi connectivity index (χ2v) is 7.70. The van der Waals surface area contributed by atoms with Gasteiger partial charge in [0.15, 0.2) is 0 Å². The predicted octanol–water partition coefficient (Wildman–Crippen LogP) is 4.36. The molecule has 0 spiro atoms. The number of carbonyl (C=O) groups excluding carboxylic acids is 1. The van der Waals surface area contributed by atoms with Gasteiger partial charge in [0.05, 0.1) is 17.4 Å². The van der Waals surface area contributed by atoms with Crippen LogP contribution in [0.15, 0.2) is 55.0 Å². The number of fused-ring (bicyclic) bond motifs is 2. The molecule has 0 fully saturated rings. The predicted molar refractivity (Wildman–Crippen MR) is 115 cm³/mol. The fourth-order valence-corrected chi connectivity index (χ4v) is 4.17. The maximum atomic E-state index is 13.0. The van der Waals surface area contributed by atoms with E-state index >= 15 is 0 Å². The zero-order chi connectivity index (χ0) is 22.5. The van der Waals surface area contributed by atoms with Crippen LogP contribution < -0.4 is 10.6 Å². The van der Waals surface area contributed by atoms with E-state index in [4.69, 9.17) is 5.73 Å². The van der Waals surface area contributed by atoms with Crippen LogP contribution in [0.25, 0.3) is 22.2 Å². The van der Waals surface area contributed by atoms with E-state index in [1.54, 1.807) is 4.90 Å². The Morgan fingerprint density at radius 3 is 2.81 bits per heavy atom. The van der Waals surface area contributed by atoms with E-state index in [0.717, 1.165) is 39.9 Å². The van der Waals surface area contributed by atoms with Crippen molar-refractivity contribution in [2.24, 2.45) is 0 Å². The quantitative estimate of drug-likeness (QED) is 0.499. The summed E-state index contributed by atoms with van der Waals surface area (Å²) in [4.78, 5) is 25.8. The number of nitrogens with one attached hydrogen (secondary N) is 1. The van der Waals surface area contributed by atoms with Crippen LogP contribution in [-0.4, -0.2) is 27.4 Å². The SMILES string of the molecule is Nc1ncnc2[nH]cc(-c3ccc4c(c3)CCN4C(=O)Cc3cccc(C(F)(F)F)c3)c12. The molecule has 2 aromatic carbocycles. The first kappa shape index (κ1) is 20.0. The summed E-state index contributed by atoms with van der Waals surface area (Å²) in [6.07, 6.45) is -0.655. The number of H-pyrrole nitrogens is 1. The molecule has 0 aliphatic carbocycles. The van der Waals surface area contributed by atoms with Gasteiger partial charge in [0.2, 0.25) is 5.91 Å². The highest BCUT2D eigenvalue weighted by atomic mass is 19.4. The fourth-order valence-electron chi connectivity index (χ4n) is 4.17. The molecule has 32 heavy (non-hydrogen) atoms. The maximum Gasteiger partial charge on any atom is 0.416 e. The van der Waals surface area contributed by atoms with Gasteiger partial charge in [0, 0.05) is 24.0 Å². The Balaban J connectivity index is 1.41. The number of aromatic nitrogens is 3. The number of amides is 1. The third-order valence-corrected chi connectivity index (χ3v) is 5.70. The van der Waals surface area contributed by atoms with E-state index in [1.807, 2.05) is 24.4 Å². The Labute approximate surface area is 180 Å². The Bertz CT molecular complexity index is 1350. The number of alkyl halides is 3. The van der Waals surface area contributed by atoms with Crippen LogP contribution in [0.4, 0.5) is 24.7 Å². The topological polar surface area (TPSA) is 87.9 Å². The minimum Gasteiger partial charge on any atom is -0.383 e. The Morgan fingerprint density at radius 2 is 2.00 bits per heavy atom. The van der Waals surface area contributed by atoms with Crippen LogP contribution in [0.2, 0.25) is 0 Å². The van der Waals surface area contributed by atoms with Crippen LogP contribution in [0, 0.1) is 0 Å². The monoisotopic (exact) mass is 437 g/mol. The summed E-state index contributed by atoms with van der Waals surface area (Å²) >= 11 is 0. The first-order valence-electron chi connectivity index (χ1n) is 9.98. The lowest BCUT2D eigenvalue weighted by molar-refractivity contribution is -0.137. The maximum absolute atomic E-state index is 13.0. The van der Waals surface area contributed by atoms with Crippen molar-refractivity contribution in [3.05, 3.63) is 71.7 Å². The molecular formula is C23H18F3N5O. The Morgan fingerprint density at radius 1 is 1.16 bits per heavy atom. The number of halogens is 3. The van der Waals surface area contributed by atoms with Gasteiger partial charge in [0.1, 0.15) is 17.8 Å². The summed E-state index contributed by atoms with van der Waals surface area (Å²) in [5.41, 5.74) is 9.81. The number of hydrogen-bond donors (Lipinski definition) is 2. The molecule has 9 heteroatoms. The Kier molecular flexibility index (Phi) is 4.61. The van der Waals surface area contributed by atoms with Crippen molar-refractivity contribution in [2.75, 3.05) is 17.2 Å². The van der Waals surface area contributed by atoms with Gasteiger partial charge in [-0.1, -0.05) is 24.3 Å². The van der Waals surface area contributed by atoms with Crippen molar-refractivity contribution in [3.63, 3.8) is 0 Å². The third kappa shape index (κ3) is 3.45. The zero-order valence-corrected chi connectivity index (χ0v) is 16.8. The largest absolute Gasteiger partial charge is 0.416 e. The summed E-state index contributed by atoms with van der Waals surface area (Å²) < 4.78 is 38.9. The molecule has 2 aromatic heterocycles. The lowest BCUT2D eigenvalue weighted by Crippen LogP contribution is -2.30. The summed E-state index contributed by atoms with van der Waals surface area (Å²) in [5, 5.41) is 0.739. The molecule has 0 radical (unpaired) electrons. The van der Waals surface area contributed by atoms with Gasteiger partial charge in [0.25, 0.3) is 0 Å². The van der Waals surface area contributed by atoms with Crippen molar-refractivity contribution < 1.29 is 18.0 Å². The number of carbonyl (C=O) groups is 1. The minimum absolute atomic E-state index is 0.0958. The van der Waals surface area contributed by atoms with Crippen LogP contribution in [-0.2, 0) is 23.8 Å². The van der Waals surface area contributed by atoms with Crippen LogP contribution in [0.3, 0.4) is 0 Å². The number of benzene rings is 2. The molecule has 0 saturated carbocycles. The summed E-state index contributed by atoms with van der Waals surface area (Å²) in [6.45, 7) is 0.482. The van der Waals surface area contributed by atoms with Gasteiger partial charge in [-0.25, -0.2) is 9.97 Å². The number of aromatic amines is 1. The third-order valence-electron chi connectivity index (χ3n) is 5.70. The van der Waals surface area contributed by atoms with E-state index in [2.05, 4.69) is 15.0 Å². The highest BCUT2D eigenvalue weighted by Gasteiger charge is 2.31. The molecule has 4 aromatic rings.